The molecule has 0 atom stereocenters. The van der Waals surface area contributed by atoms with E-state index in [2.05, 4.69) is 125 Å². The van der Waals surface area contributed by atoms with Crippen molar-refractivity contribution in [3.8, 4) is 45.3 Å². The molecule has 0 aliphatic carbocycles. The molecule has 0 spiro atoms. The Labute approximate surface area is 297 Å². The van der Waals surface area contributed by atoms with Crippen molar-refractivity contribution in [3.05, 3.63) is 170 Å². The molecule has 0 saturated carbocycles. The number of pyridine rings is 1. The zero-order valence-corrected chi connectivity index (χ0v) is 27.6. The molecule has 52 heavy (non-hydrogen) atoms. The Bertz CT molecular complexity index is 2850. The van der Waals surface area contributed by atoms with Gasteiger partial charge in [-0.1, -0.05) is 78.9 Å². The fourth-order valence-electron chi connectivity index (χ4n) is 7.44. The van der Waals surface area contributed by atoms with Gasteiger partial charge in [-0.05, 0) is 48.0 Å². The van der Waals surface area contributed by atoms with Crippen molar-refractivity contribution in [1.82, 2.24) is 34.1 Å². The number of hydrogen-bond acceptors (Lipinski definition) is 5. The molecule has 0 aliphatic rings. The predicted octanol–water partition coefficient (Wildman–Crippen LogP) is 10.4. The molecule has 0 saturated heterocycles. The molecule has 242 valence electrons. The van der Waals surface area contributed by atoms with E-state index in [0.29, 0.717) is 17.3 Å². The summed E-state index contributed by atoms with van der Waals surface area (Å²) in [6, 6.07) is 41.1. The van der Waals surface area contributed by atoms with Crippen LogP contribution in [0.4, 0.5) is 5.69 Å². The SMILES string of the molecule is [C-]#[N+]c1cccc(-c2c(-n3c4ccccc4c4ccc(-c5ncccn5)cc43)cncc2-n2c3ccccc3c3ccc(-c4ncccn4)cc32)c1. The van der Waals surface area contributed by atoms with Crippen molar-refractivity contribution < 1.29 is 0 Å². The van der Waals surface area contributed by atoms with E-state index in [1.165, 1.54) is 0 Å². The second-order valence-electron chi connectivity index (χ2n) is 12.5. The lowest BCUT2D eigenvalue weighted by Gasteiger charge is -2.20. The Morgan fingerprint density at radius 1 is 0.442 bits per heavy atom. The zero-order chi connectivity index (χ0) is 34.6. The van der Waals surface area contributed by atoms with Gasteiger partial charge in [0.2, 0.25) is 0 Å². The first-order valence-corrected chi connectivity index (χ1v) is 16.8. The van der Waals surface area contributed by atoms with E-state index >= 15 is 0 Å². The van der Waals surface area contributed by atoms with Gasteiger partial charge in [0.1, 0.15) is 0 Å². The van der Waals surface area contributed by atoms with Gasteiger partial charge in [-0.3, -0.25) is 4.98 Å². The van der Waals surface area contributed by atoms with E-state index < -0.39 is 0 Å². The molecule has 0 bridgehead atoms. The standard InChI is InChI=1S/C44H26N8/c1-45-31-10-6-9-28(23-31)42-40(51-36-13-4-2-11-32(36)34-17-15-29(24-38(34)51)43-47-19-7-20-48-43)26-46-27-41(42)52-37-14-5-3-12-33(37)35-18-16-30(25-39(35)52)44-49-21-8-22-50-44/h2-27H. The third-order valence-electron chi connectivity index (χ3n) is 9.65. The number of aromatic nitrogens is 7. The lowest BCUT2D eigenvalue weighted by Crippen LogP contribution is -2.05. The maximum atomic E-state index is 7.91. The van der Waals surface area contributed by atoms with Gasteiger partial charge < -0.3 is 9.13 Å². The van der Waals surface area contributed by atoms with Crippen molar-refractivity contribution in [1.29, 1.82) is 0 Å². The molecule has 0 unspecified atom stereocenters. The minimum atomic E-state index is 0.558. The van der Waals surface area contributed by atoms with Crippen molar-refractivity contribution in [2.24, 2.45) is 0 Å². The Morgan fingerprint density at radius 3 is 1.46 bits per heavy atom. The molecular formula is C44H26N8. The number of hydrogen-bond donors (Lipinski definition) is 0. The molecule has 8 heteroatoms. The van der Waals surface area contributed by atoms with Crippen molar-refractivity contribution >= 4 is 49.3 Å². The second kappa shape index (κ2) is 11.8. The first-order chi connectivity index (χ1) is 25.8. The average molecular weight is 667 g/mol. The minimum Gasteiger partial charge on any atom is -0.307 e. The van der Waals surface area contributed by atoms with Crippen molar-refractivity contribution in [3.63, 3.8) is 0 Å². The summed E-state index contributed by atoms with van der Waals surface area (Å²) in [4.78, 5) is 27.0. The van der Waals surface area contributed by atoms with Crippen LogP contribution in [0.25, 0.3) is 93.7 Å². The van der Waals surface area contributed by atoms with Gasteiger partial charge in [-0.15, -0.1) is 0 Å². The lowest BCUT2D eigenvalue weighted by atomic mass is 10.0. The van der Waals surface area contributed by atoms with Crippen LogP contribution in [0.3, 0.4) is 0 Å². The first-order valence-electron chi connectivity index (χ1n) is 16.8. The molecule has 0 radical (unpaired) electrons. The third-order valence-corrected chi connectivity index (χ3v) is 9.65. The smallest absolute Gasteiger partial charge is 0.187 e. The molecule has 0 amide bonds. The van der Waals surface area contributed by atoms with E-state index in [0.717, 1.165) is 77.2 Å². The Balaban J connectivity index is 1.34. The molecule has 10 aromatic rings. The van der Waals surface area contributed by atoms with Gasteiger partial charge in [-0.2, -0.15) is 0 Å². The van der Waals surface area contributed by atoms with Crippen molar-refractivity contribution in [2.45, 2.75) is 0 Å². The maximum absolute atomic E-state index is 7.91. The summed E-state index contributed by atoms with van der Waals surface area (Å²) in [5.41, 5.74) is 10.1. The highest BCUT2D eigenvalue weighted by Gasteiger charge is 2.23. The number of rotatable bonds is 5. The second-order valence-corrected chi connectivity index (χ2v) is 12.5. The maximum Gasteiger partial charge on any atom is 0.187 e. The van der Waals surface area contributed by atoms with Gasteiger partial charge in [0.15, 0.2) is 17.3 Å². The Hall–Kier alpha value is -7.50. The van der Waals surface area contributed by atoms with E-state index in [9.17, 15) is 0 Å². The van der Waals surface area contributed by atoms with Gasteiger partial charge in [-0.25, -0.2) is 24.8 Å². The van der Waals surface area contributed by atoms with E-state index in [4.69, 9.17) is 11.6 Å². The van der Waals surface area contributed by atoms with E-state index in [1.807, 2.05) is 42.7 Å². The number of fused-ring (bicyclic) bond motifs is 6. The highest BCUT2D eigenvalue weighted by atomic mass is 15.0. The fourth-order valence-corrected chi connectivity index (χ4v) is 7.44. The van der Waals surface area contributed by atoms with Gasteiger partial charge in [0, 0.05) is 63.0 Å². The number of benzene rings is 5. The predicted molar refractivity (Wildman–Crippen MR) is 207 cm³/mol. The minimum absolute atomic E-state index is 0.558. The summed E-state index contributed by atoms with van der Waals surface area (Å²) >= 11 is 0. The third kappa shape index (κ3) is 4.57. The summed E-state index contributed by atoms with van der Waals surface area (Å²) in [7, 11) is 0. The first kappa shape index (κ1) is 29.4. The molecule has 0 N–H and O–H groups in total. The van der Waals surface area contributed by atoms with Crippen LogP contribution in [0.15, 0.2) is 159 Å². The van der Waals surface area contributed by atoms with Gasteiger partial charge >= 0.3 is 0 Å². The highest BCUT2D eigenvalue weighted by Crippen LogP contribution is 2.43. The highest BCUT2D eigenvalue weighted by molar-refractivity contribution is 6.12. The quantitative estimate of drug-likeness (QED) is 0.171. The van der Waals surface area contributed by atoms with Gasteiger partial charge in [0.05, 0.1) is 52.4 Å². The zero-order valence-electron chi connectivity index (χ0n) is 27.6. The summed E-state index contributed by atoms with van der Waals surface area (Å²) in [6.45, 7) is 7.91. The van der Waals surface area contributed by atoms with Crippen LogP contribution in [0.1, 0.15) is 0 Å². The molecule has 8 nitrogen and oxygen atoms in total. The molecule has 10 rings (SSSR count). The molecular weight excluding hydrogens is 641 g/mol. The summed E-state index contributed by atoms with van der Waals surface area (Å²) < 4.78 is 4.56. The molecule has 5 aromatic heterocycles. The Morgan fingerprint density at radius 2 is 0.942 bits per heavy atom. The summed E-state index contributed by atoms with van der Waals surface area (Å²) in [5.74, 6) is 1.31. The van der Waals surface area contributed by atoms with Crippen LogP contribution >= 0.6 is 0 Å². The van der Waals surface area contributed by atoms with Crippen molar-refractivity contribution in [2.75, 3.05) is 0 Å². The van der Waals surface area contributed by atoms with Crippen LogP contribution in [-0.4, -0.2) is 34.1 Å². The van der Waals surface area contributed by atoms with Crippen LogP contribution in [0.5, 0.6) is 0 Å². The normalized spacial score (nSPS) is 11.4. The lowest BCUT2D eigenvalue weighted by molar-refractivity contribution is 1.09. The number of nitrogens with zero attached hydrogens (tertiary/aromatic N) is 8. The molecule has 5 aromatic carbocycles. The van der Waals surface area contributed by atoms with Crippen LogP contribution in [0.2, 0.25) is 0 Å². The number of para-hydroxylation sites is 2. The Kier molecular flexibility index (Phi) is 6.69. The fraction of sp³-hybridized carbons (Fsp3) is 0. The molecule has 5 heterocycles. The molecule has 0 aliphatic heterocycles. The van der Waals surface area contributed by atoms with Crippen LogP contribution in [0, 0.1) is 6.57 Å². The van der Waals surface area contributed by atoms with E-state index in [-0.39, 0.29) is 0 Å². The summed E-state index contributed by atoms with van der Waals surface area (Å²) in [6.07, 6.45) is 10.9. The van der Waals surface area contributed by atoms with Crippen LogP contribution in [-0.2, 0) is 0 Å². The van der Waals surface area contributed by atoms with Gasteiger partial charge in [0.25, 0.3) is 0 Å². The topological polar surface area (TPSA) is 78.7 Å². The molecule has 0 fully saturated rings. The largest absolute Gasteiger partial charge is 0.307 e. The average Bonchev–Trinajstić information content (AvgIpc) is 3.73. The summed E-state index contributed by atoms with van der Waals surface area (Å²) in [5, 5.41) is 4.44. The van der Waals surface area contributed by atoms with Crippen LogP contribution < -0.4 is 0 Å². The monoisotopic (exact) mass is 666 g/mol. The van der Waals surface area contributed by atoms with E-state index in [1.54, 1.807) is 24.8 Å².